The highest BCUT2D eigenvalue weighted by molar-refractivity contribution is 5.77. The third-order valence-corrected chi connectivity index (χ3v) is 3.75. The summed E-state index contributed by atoms with van der Waals surface area (Å²) in [7, 11) is 0. The second-order valence-electron chi connectivity index (χ2n) is 5.74. The molecule has 2 atom stereocenters. The normalized spacial score (nSPS) is 22.3. The highest BCUT2D eigenvalue weighted by Gasteiger charge is 2.22. The molecule has 104 valence electrons. The van der Waals surface area contributed by atoms with Crippen LogP contribution in [0.4, 0.5) is 0 Å². The molecular formula is C16H23NO2. The minimum Gasteiger partial charge on any atom is -0.484 e. The number of carbonyl (C=O) groups excluding carboxylic acids is 1. The fraction of sp³-hybridized carbons (Fsp3) is 0.562. The first-order chi connectivity index (χ1) is 9.04. The Labute approximate surface area is 115 Å². The zero-order chi connectivity index (χ0) is 13.8. The number of aryl methyl sites for hydroxylation is 2. The van der Waals surface area contributed by atoms with E-state index in [2.05, 4.69) is 18.3 Å². The first-order valence-corrected chi connectivity index (χ1v) is 7.04. The van der Waals surface area contributed by atoms with Gasteiger partial charge in [0, 0.05) is 6.04 Å². The van der Waals surface area contributed by atoms with E-state index in [1.54, 1.807) is 0 Å². The third-order valence-electron chi connectivity index (χ3n) is 3.75. The topological polar surface area (TPSA) is 38.3 Å². The van der Waals surface area contributed by atoms with E-state index in [0.29, 0.717) is 6.04 Å². The summed E-state index contributed by atoms with van der Waals surface area (Å²) in [5, 5.41) is 3.05. The van der Waals surface area contributed by atoms with Crippen molar-refractivity contribution in [3.05, 3.63) is 29.3 Å². The number of rotatable bonds is 4. The number of carbonyl (C=O) groups is 1. The standard InChI is InChI=1S/C16H23NO2/c1-11-5-7-15(13(3)8-11)19-10-16(18)17-14-6-4-12(2)9-14/h5,7-8,12,14H,4,6,9-10H2,1-3H3,(H,17,18). The fourth-order valence-corrected chi connectivity index (χ4v) is 2.71. The molecule has 1 aromatic rings. The Bertz CT molecular complexity index is 456. The van der Waals surface area contributed by atoms with Gasteiger partial charge >= 0.3 is 0 Å². The van der Waals surface area contributed by atoms with Crippen LogP contribution in [0.15, 0.2) is 18.2 Å². The molecule has 2 unspecified atom stereocenters. The van der Waals surface area contributed by atoms with Gasteiger partial charge in [0.2, 0.25) is 0 Å². The van der Waals surface area contributed by atoms with Crippen molar-refractivity contribution in [3.63, 3.8) is 0 Å². The molecule has 0 radical (unpaired) electrons. The molecule has 3 heteroatoms. The second kappa shape index (κ2) is 6.09. The molecule has 1 amide bonds. The van der Waals surface area contributed by atoms with Crippen LogP contribution in [0.5, 0.6) is 5.75 Å². The highest BCUT2D eigenvalue weighted by Crippen LogP contribution is 2.24. The van der Waals surface area contributed by atoms with Gasteiger partial charge in [0.15, 0.2) is 6.61 Å². The Morgan fingerprint density at radius 2 is 2.16 bits per heavy atom. The maximum absolute atomic E-state index is 11.8. The lowest BCUT2D eigenvalue weighted by Crippen LogP contribution is -2.36. The lowest BCUT2D eigenvalue weighted by molar-refractivity contribution is -0.123. The van der Waals surface area contributed by atoms with Gasteiger partial charge in [-0.15, -0.1) is 0 Å². The Morgan fingerprint density at radius 3 is 2.79 bits per heavy atom. The van der Waals surface area contributed by atoms with Gasteiger partial charge in [-0.1, -0.05) is 24.6 Å². The van der Waals surface area contributed by atoms with Crippen molar-refractivity contribution in [1.82, 2.24) is 5.32 Å². The van der Waals surface area contributed by atoms with Crippen molar-refractivity contribution in [2.24, 2.45) is 5.92 Å². The lowest BCUT2D eigenvalue weighted by atomic mass is 10.1. The molecule has 1 fully saturated rings. The van der Waals surface area contributed by atoms with E-state index in [9.17, 15) is 4.79 Å². The van der Waals surface area contributed by atoms with E-state index < -0.39 is 0 Å². The minimum absolute atomic E-state index is 0.0147. The molecule has 0 heterocycles. The summed E-state index contributed by atoms with van der Waals surface area (Å²) in [5.41, 5.74) is 2.27. The molecule has 1 aliphatic carbocycles. The van der Waals surface area contributed by atoms with E-state index >= 15 is 0 Å². The molecule has 0 spiro atoms. The van der Waals surface area contributed by atoms with Crippen LogP contribution >= 0.6 is 0 Å². The Morgan fingerprint density at radius 1 is 1.37 bits per heavy atom. The summed E-state index contributed by atoms with van der Waals surface area (Å²) in [5.74, 6) is 1.50. The summed E-state index contributed by atoms with van der Waals surface area (Å²) in [4.78, 5) is 11.8. The number of nitrogens with one attached hydrogen (secondary N) is 1. The van der Waals surface area contributed by atoms with Gasteiger partial charge in [-0.2, -0.15) is 0 Å². The van der Waals surface area contributed by atoms with Crippen molar-refractivity contribution in [3.8, 4) is 5.75 Å². The zero-order valence-corrected chi connectivity index (χ0v) is 12.0. The molecule has 1 aliphatic rings. The SMILES string of the molecule is Cc1ccc(OCC(=O)NC2CCC(C)C2)c(C)c1. The van der Waals surface area contributed by atoms with Crippen LogP contribution < -0.4 is 10.1 Å². The van der Waals surface area contributed by atoms with Crippen molar-refractivity contribution >= 4 is 5.91 Å². The first-order valence-electron chi connectivity index (χ1n) is 7.04. The van der Waals surface area contributed by atoms with Crippen LogP contribution in [0.25, 0.3) is 0 Å². The van der Waals surface area contributed by atoms with Crippen molar-refractivity contribution in [2.45, 2.75) is 46.1 Å². The summed E-state index contributed by atoms with van der Waals surface area (Å²) in [6.07, 6.45) is 3.40. The third kappa shape index (κ3) is 3.98. The number of hydrogen-bond acceptors (Lipinski definition) is 2. The van der Waals surface area contributed by atoms with E-state index in [1.165, 1.54) is 12.0 Å². The Kier molecular flexibility index (Phi) is 4.46. The molecule has 0 aromatic heterocycles. The molecule has 1 aromatic carbocycles. The van der Waals surface area contributed by atoms with Gasteiger partial charge in [0.25, 0.3) is 5.91 Å². The summed E-state index contributed by atoms with van der Waals surface area (Å²) in [6, 6.07) is 6.32. The molecule has 0 aliphatic heterocycles. The molecule has 0 saturated heterocycles. The van der Waals surface area contributed by atoms with E-state index in [1.807, 2.05) is 26.0 Å². The average molecular weight is 261 g/mol. The molecule has 2 rings (SSSR count). The van der Waals surface area contributed by atoms with Crippen LogP contribution in [0.1, 0.15) is 37.3 Å². The molecule has 19 heavy (non-hydrogen) atoms. The smallest absolute Gasteiger partial charge is 0.258 e. The predicted octanol–water partition coefficient (Wildman–Crippen LogP) is 2.99. The largest absolute Gasteiger partial charge is 0.484 e. The van der Waals surface area contributed by atoms with Crippen LogP contribution in [0.3, 0.4) is 0 Å². The first kappa shape index (κ1) is 13.9. The van der Waals surface area contributed by atoms with Crippen LogP contribution in [0.2, 0.25) is 0 Å². The molecule has 3 nitrogen and oxygen atoms in total. The highest BCUT2D eigenvalue weighted by atomic mass is 16.5. The summed E-state index contributed by atoms with van der Waals surface area (Å²) < 4.78 is 5.58. The molecule has 0 bridgehead atoms. The van der Waals surface area contributed by atoms with Gasteiger partial charge in [0.05, 0.1) is 0 Å². The van der Waals surface area contributed by atoms with Gasteiger partial charge in [-0.25, -0.2) is 0 Å². The van der Waals surface area contributed by atoms with Crippen molar-refractivity contribution < 1.29 is 9.53 Å². The fourth-order valence-electron chi connectivity index (χ4n) is 2.71. The van der Waals surface area contributed by atoms with Gasteiger partial charge in [0.1, 0.15) is 5.75 Å². The zero-order valence-electron chi connectivity index (χ0n) is 12.0. The summed E-state index contributed by atoms with van der Waals surface area (Å²) in [6.45, 7) is 6.39. The quantitative estimate of drug-likeness (QED) is 0.905. The van der Waals surface area contributed by atoms with E-state index in [4.69, 9.17) is 4.74 Å². The average Bonchev–Trinajstić information content (AvgIpc) is 2.73. The van der Waals surface area contributed by atoms with Crippen LogP contribution in [-0.2, 0) is 4.79 Å². The Hall–Kier alpha value is -1.51. The number of hydrogen-bond donors (Lipinski definition) is 1. The van der Waals surface area contributed by atoms with Gasteiger partial charge < -0.3 is 10.1 Å². The number of amides is 1. The number of benzene rings is 1. The maximum atomic E-state index is 11.8. The molecule has 1 N–H and O–H groups in total. The molecular weight excluding hydrogens is 238 g/mol. The van der Waals surface area contributed by atoms with Gasteiger partial charge in [-0.05, 0) is 50.7 Å². The van der Waals surface area contributed by atoms with Crippen LogP contribution in [-0.4, -0.2) is 18.6 Å². The number of ether oxygens (including phenoxy) is 1. The molecule has 1 saturated carbocycles. The predicted molar refractivity (Wildman–Crippen MR) is 76.4 cm³/mol. The van der Waals surface area contributed by atoms with Crippen molar-refractivity contribution in [1.29, 1.82) is 0 Å². The van der Waals surface area contributed by atoms with Gasteiger partial charge in [-0.3, -0.25) is 4.79 Å². The van der Waals surface area contributed by atoms with E-state index in [0.717, 1.165) is 30.1 Å². The summed E-state index contributed by atoms with van der Waals surface area (Å²) >= 11 is 0. The second-order valence-corrected chi connectivity index (χ2v) is 5.74. The lowest BCUT2D eigenvalue weighted by Gasteiger charge is -2.14. The van der Waals surface area contributed by atoms with Crippen LogP contribution in [0, 0.1) is 19.8 Å². The minimum atomic E-state index is -0.0147. The Balaban J connectivity index is 1.80. The monoisotopic (exact) mass is 261 g/mol. The van der Waals surface area contributed by atoms with E-state index in [-0.39, 0.29) is 12.5 Å². The maximum Gasteiger partial charge on any atom is 0.258 e. The van der Waals surface area contributed by atoms with Crippen molar-refractivity contribution in [2.75, 3.05) is 6.61 Å².